The van der Waals surface area contributed by atoms with Gasteiger partial charge in [0.2, 0.25) is 10.0 Å². The molecule has 3 N–H and O–H groups in total. The Morgan fingerprint density at radius 2 is 2.05 bits per heavy atom. The summed E-state index contributed by atoms with van der Waals surface area (Å²) in [4.78, 5) is 3.52. The van der Waals surface area contributed by atoms with Crippen molar-refractivity contribution in [3.8, 4) is 0 Å². The molecule has 1 heterocycles. The zero-order chi connectivity index (χ0) is 15.6. The molecule has 0 atom stereocenters. The third-order valence-electron chi connectivity index (χ3n) is 2.64. The molecule has 0 fully saturated rings. The van der Waals surface area contributed by atoms with E-state index in [9.17, 15) is 17.2 Å². The Balaban J connectivity index is 2.10. The van der Waals surface area contributed by atoms with E-state index in [0.29, 0.717) is 12.5 Å². The molecule has 0 radical (unpaired) electrons. The first-order valence-corrected chi connectivity index (χ1v) is 8.31. The lowest BCUT2D eigenvalue weighted by Gasteiger charge is -2.08. The zero-order valence-corrected chi connectivity index (χ0v) is 12.7. The van der Waals surface area contributed by atoms with Gasteiger partial charge in [0.05, 0.1) is 10.7 Å². The van der Waals surface area contributed by atoms with Gasteiger partial charge in [-0.15, -0.1) is 11.3 Å². The minimum Gasteiger partial charge on any atom is -0.396 e. The van der Waals surface area contributed by atoms with E-state index in [4.69, 9.17) is 5.73 Å². The molecule has 0 bridgehead atoms. The van der Waals surface area contributed by atoms with Crippen molar-refractivity contribution in [2.45, 2.75) is 18.2 Å². The van der Waals surface area contributed by atoms with Crippen LogP contribution in [0.3, 0.4) is 0 Å². The van der Waals surface area contributed by atoms with E-state index in [1.807, 2.05) is 12.3 Å². The van der Waals surface area contributed by atoms with Crippen LogP contribution in [0.5, 0.6) is 0 Å². The smallest absolute Gasteiger partial charge is 0.243 e. The number of aromatic nitrogens is 1. The highest BCUT2D eigenvalue weighted by Crippen LogP contribution is 2.20. The quantitative estimate of drug-likeness (QED) is 0.818. The molecular formula is C12H13F2N3O2S2. The third-order valence-corrected chi connectivity index (χ3v) is 5.14. The van der Waals surface area contributed by atoms with Gasteiger partial charge >= 0.3 is 0 Å². The van der Waals surface area contributed by atoms with Crippen LogP contribution >= 0.6 is 11.3 Å². The number of nitrogen functional groups attached to an aromatic ring is 1. The molecule has 21 heavy (non-hydrogen) atoms. The number of anilines is 1. The van der Waals surface area contributed by atoms with E-state index in [1.54, 1.807) is 0 Å². The van der Waals surface area contributed by atoms with Gasteiger partial charge in [-0.2, -0.15) is 0 Å². The first kappa shape index (κ1) is 15.8. The van der Waals surface area contributed by atoms with Crippen LogP contribution in [0.25, 0.3) is 0 Å². The van der Waals surface area contributed by atoms with Gasteiger partial charge in [0.1, 0.15) is 16.5 Å². The number of halogens is 2. The maximum atomic E-state index is 13.6. The van der Waals surface area contributed by atoms with Crippen molar-refractivity contribution in [3.63, 3.8) is 0 Å². The number of nitrogens with zero attached hydrogens (tertiary/aromatic N) is 1. The largest absolute Gasteiger partial charge is 0.396 e. The standard InChI is InChI=1S/C12H13F2N3O2S2/c1-7-6-20-12(17-7)2-3-16-21(18,19)11-5-10(15)8(13)4-9(11)14/h4-6,16H,2-3,15H2,1H3. The van der Waals surface area contributed by atoms with E-state index in [-0.39, 0.29) is 6.54 Å². The van der Waals surface area contributed by atoms with Crippen molar-refractivity contribution < 1.29 is 17.2 Å². The average molecular weight is 333 g/mol. The molecule has 9 heteroatoms. The highest BCUT2D eigenvalue weighted by atomic mass is 32.2. The van der Waals surface area contributed by atoms with Crippen LogP contribution in [0.15, 0.2) is 22.4 Å². The summed E-state index contributed by atoms with van der Waals surface area (Å²) >= 11 is 1.41. The van der Waals surface area contributed by atoms with Crippen LogP contribution in [0.4, 0.5) is 14.5 Å². The van der Waals surface area contributed by atoms with Gasteiger partial charge in [0, 0.05) is 30.1 Å². The van der Waals surface area contributed by atoms with Crippen molar-refractivity contribution in [2.75, 3.05) is 12.3 Å². The maximum absolute atomic E-state index is 13.6. The van der Waals surface area contributed by atoms with Gasteiger partial charge in [0.15, 0.2) is 0 Å². The predicted octanol–water partition coefficient (Wildman–Crippen LogP) is 1.83. The lowest BCUT2D eigenvalue weighted by atomic mass is 10.3. The molecule has 0 unspecified atom stereocenters. The number of nitrogens with one attached hydrogen (secondary N) is 1. The summed E-state index contributed by atoms with van der Waals surface area (Å²) < 4.78 is 52.8. The Bertz CT molecular complexity index is 760. The van der Waals surface area contributed by atoms with Crippen LogP contribution in [0.1, 0.15) is 10.7 Å². The highest BCUT2D eigenvalue weighted by Gasteiger charge is 2.21. The number of benzene rings is 1. The Hall–Kier alpha value is -1.58. The zero-order valence-electron chi connectivity index (χ0n) is 11.1. The van der Waals surface area contributed by atoms with Crippen molar-refractivity contribution in [1.29, 1.82) is 0 Å². The predicted molar refractivity (Wildman–Crippen MR) is 76.5 cm³/mol. The van der Waals surface area contributed by atoms with Gasteiger partial charge in [0.25, 0.3) is 0 Å². The Morgan fingerprint density at radius 3 is 2.67 bits per heavy atom. The third kappa shape index (κ3) is 3.74. The molecule has 0 saturated heterocycles. The second-order valence-corrected chi connectivity index (χ2v) is 7.01. The molecule has 2 rings (SSSR count). The van der Waals surface area contributed by atoms with E-state index < -0.39 is 32.2 Å². The first-order valence-electron chi connectivity index (χ1n) is 5.95. The molecule has 114 valence electrons. The van der Waals surface area contributed by atoms with Gasteiger partial charge in [-0.05, 0) is 13.0 Å². The van der Waals surface area contributed by atoms with Crippen LogP contribution in [-0.2, 0) is 16.4 Å². The summed E-state index contributed by atoms with van der Waals surface area (Å²) in [7, 11) is -4.09. The second kappa shape index (κ2) is 6.04. The second-order valence-electron chi connectivity index (χ2n) is 4.33. The summed E-state index contributed by atoms with van der Waals surface area (Å²) in [5, 5.41) is 2.62. The van der Waals surface area contributed by atoms with E-state index >= 15 is 0 Å². The molecule has 5 nitrogen and oxygen atoms in total. The number of thiazole rings is 1. The number of hydrogen-bond donors (Lipinski definition) is 2. The fraction of sp³-hybridized carbons (Fsp3) is 0.250. The average Bonchev–Trinajstić information content (AvgIpc) is 2.79. The highest BCUT2D eigenvalue weighted by molar-refractivity contribution is 7.89. The van der Waals surface area contributed by atoms with Crippen molar-refractivity contribution in [3.05, 3.63) is 39.8 Å². The van der Waals surface area contributed by atoms with Gasteiger partial charge in [-0.25, -0.2) is 26.9 Å². The van der Waals surface area contributed by atoms with Crippen LogP contribution < -0.4 is 10.5 Å². The fourth-order valence-electron chi connectivity index (χ4n) is 1.64. The van der Waals surface area contributed by atoms with Crippen molar-refractivity contribution in [2.24, 2.45) is 0 Å². The molecule has 0 aliphatic carbocycles. The molecule has 0 aliphatic rings. The molecule has 2 aromatic rings. The summed E-state index contributed by atoms with van der Waals surface area (Å²) in [5.74, 6) is -2.18. The van der Waals surface area contributed by atoms with Gasteiger partial charge in [-0.3, -0.25) is 0 Å². The molecule has 0 saturated carbocycles. The molecule has 0 spiro atoms. The maximum Gasteiger partial charge on any atom is 0.243 e. The summed E-state index contributed by atoms with van der Waals surface area (Å²) in [5.41, 5.74) is 5.70. The lowest BCUT2D eigenvalue weighted by Crippen LogP contribution is -2.27. The van der Waals surface area contributed by atoms with Gasteiger partial charge < -0.3 is 5.73 Å². The molecule has 0 aliphatic heterocycles. The Kier molecular flexibility index (Phi) is 4.55. The summed E-state index contributed by atoms with van der Waals surface area (Å²) in [6, 6.07) is 1.22. The molecule has 1 aromatic carbocycles. The van der Waals surface area contributed by atoms with Gasteiger partial charge in [-0.1, -0.05) is 0 Å². The summed E-state index contributed by atoms with van der Waals surface area (Å²) in [6.07, 6.45) is 0.385. The number of sulfonamides is 1. The monoisotopic (exact) mass is 333 g/mol. The van der Waals surface area contributed by atoms with Crippen LogP contribution in [0, 0.1) is 18.6 Å². The van der Waals surface area contributed by atoms with Crippen molar-refractivity contribution >= 4 is 27.0 Å². The minimum absolute atomic E-state index is 0.0615. The molecular weight excluding hydrogens is 320 g/mol. The number of nitrogens with two attached hydrogens (primary N) is 1. The number of aryl methyl sites for hydroxylation is 1. The van der Waals surface area contributed by atoms with E-state index in [1.165, 1.54) is 11.3 Å². The van der Waals surface area contributed by atoms with Crippen LogP contribution in [-0.4, -0.2) is 19.9 Å². The van der Waals surface area contributed by atoms with Crippen molar-refractivity contribution in [1.82, 2.24) is 9.71 Å². The Morgan fingerprint density at radius 1 is 1.33 bits per heavy atom. The first-order chi connectivity index (χ1) is 9.79. The Labute approximate surface area is 124 Å². The number of hydrogen-bond acceptors (Lipinski definition) is 5. The molecule has 1 aromatic heterocycles. The fourth-order valence-corrected chi connectivity index (χ4v) is 3.54. The normalized spacial score (nSPS) is 11.8. The van der Waals surface area contributed by atoms with E-state index in [0.717, 1.165) is 16.8 Å². The molecule has 0 amide bonds. The lowest BCUT2D eigenvalue weighted by molar-refractivity contribution is 0.545. The summed E-state index contributed by atoms with van der Waals surface area (Å²) in [6.45, 7) is 1.90. The van der Waals surface area contributed by atoms with Crippen LogP contribution in [0.2, 0.25) is 0 Å². The van der Waals surface area contributed by atoms with E-state index in [2.05, 4.69) is 9.71 Å². The minimum atomic E-state index is -4.09. The topological polar surface area (TPSA) is 85.1 Å². The number of rotatable bonds is 5. The SMILES string of the molecule is Cc1csc(CCNS(=O)(=O)c2cc(N)c(F)cc2F)n1.